The summed E-state index contributed by atoms with van der Waals surface area (Å²) in [5.74, 6) is 0. The molecule has 6 heteroatoms. The largest absolute Gasteiger partial charge is 0.286 e. The van der Waals surface area contributed by atoms with Crippen molar-refractivity contribution in [2.45, 2.75) is 0 Å². The van der Waals surface area contributed by atoms with Crippen molar-refractivity contribution in [1.29, 1.82) is 0 Å². The van der Waals surface area contributed by atoms with E-state index in [4.69, 9.17) is 4.55 Å². The molecule has 3 nitrogen and oxygen atoms in total. The Hall–Kier alpha value is 1.39. The van der Waals surface area contributed by atoms with Crippen LogP contribution in [0.2, 0.25) is 0 Å². The van der Waals surface area contributed by atoms with E-state index < -0.39 is 10.1 Å². The molecule has 0 aromatic carbocycles. The van der Waals surface area contributed by atoms with Gasteiger partial charge in [0.1, 0.15) is 0 Å². The molecule has 0 amide bonds. The Balaban J connectivity index is -0.0000000800. The minimum Gasteiger partial charge on any atom is -0.286 e. The number of hydrogen-bond donors (Lipinski definition) is 1. The Bertz CT molecular complexity index is 96.1. The van der Waals surface area contributed by atoms with Crippen molar-refractivity contribution in [3.8, 4) is 0 Å². The standard InChI is InChI=1S/CH4O3S.2Ag/c1-5(2,3)4;;/h1H3,(H,2,3,4);;. The van der Waals surface area contributed by atoms with Gasteiger partial charge in [-0.1, -0.05) is 0 Å². The summed E-state index contributed by atoms with van der Waals surface area (Å²) in [5.41, 5.74) is 0. The third kappa shape index (κ3) is 111. The summed E-state index contributed by atoms with van der Waals surface area (Å²) in [5, 5.41) is 0. The molecule has 7 heavy (non-hydrogen) atoms. The van der Waals surface area contributed by atoms with E-state index in [1.807, 2.05) is 0 Å². The Morgan fingerprint density at radius 1 is 1.29 bits per heavy atom. The first kappa shape index (κ1) is 15.8. The molecule has 0 saturated carbocycles. The van der Waals surface area contributed by atoms with Gasteiger partial charge in [-0.3, -0.25) is 4.55 Å². The maximum Gasteiger partial charge on any atom is 0.261 e. The average molecular weight is 312 g/mol. The summed E-state index contributed by atoms with van der Waals surface area (Å²) in [6, 6.07) is 0. The van der Waals surface area contributed by atoms with Gasteiger partial charge in [-0.15, -0.1) is 0 Å². The van der Waals surface area contributed by atoms with Crippen molar-refractivity contribution in [1.82, 2.24) is 0 Å². The molecule has 0 unspecified atom stereocenters. The van der Waals surface area contributed by atoms with Gasteiger partial charge in [-0.2, -0.15) is 8.42 Å². The Kier molecular flexibility index (Phi) is 12.5. The van der Waals surface area contributed by atoms with Crippen LogP contribution in [0.5, 0.6) is 0 Å². The van der Waals surface area contributed by atoms with Crippen molar-refractivity contribution in [2.75, 3.05) is 6.26 Å². The molecule has 0 fully saturated rings. The molecule has 0 atom stereocenters. The Labute approximate surface area is 73.6 Å². The predicted octanol–water partition coefficient (Wildman–Crippen LogP) is -0.501. The second-order valence-electron chi connectivity index (χ2n) is 0.733. The van der Waals surface area contributed by atoms with Crippen molar-refractivity contribution in [3.05, 3.63) is 0 Å². The van der Waals surface area contributed by atoms with Crippen molar-refractivity contribution in [3.63, 3.8) is 0 Å². The van der Waals surface area contributed by atoms with Gasteiger partial charge in [-0.05, 0) is 0 Å². The summed E-state index contributed by atoms with van der Waals surface area (Å²) in [6.07, 6.45) is 0.715. The normalized spacial score (nSPS) is 8.29. The second kappa shape index (κ2) is 5.53. The molecule has 0 aliphatic carbocycles. The van der Waals surface area contributed by atoms with Gasteiger partial charge >= 0.3 is 0 Å². The zero-order valence-electron chi connectivity index (χ0n) is 3.27. The zero-order chi connectivity index (χ0) is 4.50. The summed E-state index contributed by atoms with van der Waals surface area (Å²) >= 11 is 0. The van der Waals surface area contributed by atoms with Crippen LogP contribution in [0.15, 0.2) is 0 Å². The fourth-order valence-electron chi connectivity index (χ4n) is 0. The van der Waals surface area contributed by atoms with Crippen molar-refractivity contribution in [2.24, 2.45) is 0 Å². The molecule has 0 aliphatic heterocycles. The summed E-state index contributed by atoms with van der Waals surface area (Å²) in [6.45, 7) is 0. The van der Waals surface area contributed by atoms with Crippen molar-refractivity contribution < 1.29 is 57.7 Å². The smallest absolute Gasteiger partial charge is 0.261 e. The van der Waals surface area contributed by atoms with E-state index in [1.54, 1.807) is 0 Å². The van der Waals surface area contributed by atoms with Gasteiger partial charge in [0.05, 0.1) is 6.26 Å². The second-order valence-corrected chi connectivity index (χ2v) is 2.20. The summed E-state index contributed by atoms with van der Waals surface area (Å²) in [7, 11) is -3.67. The zero-order valence-corrected chi connectivity index (χ0v) is 7.06. The van der Waals surface area contributed by atoms with Crippen LogP contribution < -0.4 is 0 Å². The molecule has 0 aromatic heterocycles. The first-order valence-electron chi connectivity index (χ1n) is 0.924. The molecule has 0 bridgehead atoms. The minimum absolute atomic E-state index is 0. The predicted molar refractivity (Wildman–Crippen MR) is 17.5 cm³/mol. The van der Waals surface area contributed by atoms with Crippen LogP contribution in [0.25, 0.3) is 0 Å². The first-order valence-corrected chi connectivity index (χ1v) is 2.77. The third-order valence-electron chi connectivity index (χ3n) is 0. The number of rotatable bonds is 0. The van der Waals surface area contributed by atoms with Crippen LogP contribution in [0, 0.1) is 0 Å². The van der Waals surface area contributed by atoms with Gasteiger partial charge in [0.2, 0.25) is 0 Å². The fourth-order valence-corrected chi connectivity index (χ4v) is 0. The van der Waals surface area contributed by atoms with E-state index >= 15 is 0 Å². The van der Waals surface area contributed by atoms with Crippen molar-refractivity contribution >= 4 is 10.1 Å². The van der Waals surface area contributed by atoms with Gasteiger partial charge in [0, 0.05) is 44.8 Å². The van der Waals surface area contributed by atoms with E-state index in [9.17, 15) is 8.42 Å². The van der Waals surface area contributed by atoms with Crippen LogP contribution in [0.1, 0.15) is 0 Å². The minimum atomic E-state index is -3.67. The van der Waals surface area contributed by atoms with Gasteiger partial charge in [0.15, 0.2) is 0 Å². The molecule has 0 spiro atoms. The van der Waals surface area contributed by atoms with Crippen LogP contribution in [0.3, 0.4) is 0 Å². The first-order chi connectivity index (χ1) is 2.00. The summed E-state index contributed by atoms with van der Waals surface area (Å²) < 4.78 is 25.9. The maximum atomic E-state index is 9.19. The van der Waals surface area contributed by atoms with E-state index in [1.165, 1.54) is 0 Å². The molecular formula is CH4Ag2O3S. The van der Waals surface area contributed by atoms with Gasteiger partial charge < -0.3 is 0 Å². The fraction of sp³-hybridized carbons (Fsp3) is 1.00. The van der Waals surface area contributed by atoms with Crippen LogP contribution >= 0.6 is 0 Å². The van der Waals surface area contributed by atoms with Gasteiger partial charge in [0.25, 0.3) is 10.1 Å². The molecule has 0 aliphatic rings. The molecule has 0 saturated heterocycles. The van der Waals surface area contributed by atoms with E-state index in [0.717, 1.165) is 0 Å². The Morgan fingerprint density at radius 3 is 1.29 bits per heavy atom. The average Bonchev–Trinajstić information content (AvgIpc) is 0.722. The monoisotopic (exact) mass is 310 g/mol. The third-order valence-corrected chi connectivity index (χ3v) is 0. The van der Waals surface area contributed by atoms with Crippen LogP contribution in [-0.4, -0.2) is 19.2 Å². The maximum absolute atomic E-state index is 9.19. The molecule has 0 heterocycles. The quantitative estimate of drug-likeness (QED) is 0.485. The van der Waals surface area contributed by atoms with E-state index in [2.05, 4.69) is 0 Å². The molecule has 54 valence electrons. The SMILES string of the molecule is CS(=O)(=O)O.[Ag].[Ag]. The van der Waals surface area contributed by atoms with Crippen LogP contribution in [0.4, 0.5) is 0 Å². The summed E-state index contributed by atoms with van der Waals surface area (Å²) in [4.78, 5) is 0. The topological polar surface area (TPSA) is 54.4 Å². The molecular weight excluding hydrogens is 308 g/mol. The van der Waals surface area contributed by atoms with E-state index in [-0.39, 0.29) is 44.8 Å². The molecule has 2 radical (unpaired) electrons. The number of hydrogen-bond acceptors (Lipinski definition) is 2. The molecule has 0 aromatic rings. The van der Waals surface area contributed by atoms with E-state index in [0.29, 0.717) is 6.26 Å². The Morgan fingerprint density at radius 2 is 1.29 bits per heavy atom. The molecule has 0 rings (SSSR count). The van der Waals surface area contributed by atoms with Gasteiger partial charge in [-0.25, -0.2) is 0 Å². The van der Waals surface area contributed by atoms with Crippen LogP contribution in [-0.2, 0) is 54.9 Å². The molecule has 1 N–H and O–H groups in total.